The molecular formula is C50H50AcN2O14. The van der Waals surface area contributed by atoms with Crippen LogP contribution in [0.3, 0.4) is 0 Å². The van der Waals surface area contributed by atoms with Crippen molar-refractivity contribution in [1.29, 1.82) is 0 Å². The van der Waals surface area contributed by atoms with Gasteiger partial charge in [-0.3, -0.25) is 19.7 Å². The molecule has 1 heterocycles. The van der Waals surface area contributed by atoms with E-state index < -0.39 is 117 Å². The Morgan fingerprint density at radius 3 is 2.00 bits per heavy atom. The number of para-hydroxylation sites is 1. The normalized spacial score (nSPS) is 29.1. The minimum Gasteiger partial charge on any atom is -0.456 e. The maximum Gasteiger partial charge on any atom is 0.346 e. The molecule has 2 saturated carbocycles. The zero-order chi connectivity index (χ0) is 47.3. The molecule has 8 unspecified atom stereocenters. The van der Waals surface area contributed by atoms with E-state index in [2.05, 4.69) is 5.32 Å². The van der Waals surface area contributed by atoms with Gasteiger partial charge in [-0.25, -0.2) is 14.4 Å². The number of hydrogen-bond acceptors (Lipinski definition) is 14. The fourth-order valence-corrected chi connectivity index (χ4v) is 10.6. The Labute approximate surface area is 421 Å². The summed E-state index contributed by atoms with van der Waals surface area (Å²) in [5, 5.41) is 53.0. The van der Waals surface area contributed by atoms with E-state index in [0.29, 0.717) is 5.56 Å². The molecule has 67 heavy (non-hydrogen) atoms. The van der Waals surface area contributed by atoms with E-state index in [4.69, 9.17) is 18.9 Å². The molecule has 347 valence electrons. The topological polar surface area (TPSA) is 238 Å². The SMILES string of the molecule is CC1=C2C(OC(=O)c3ccccc3[N+](=O)[O-])C(=O)[C@]3(C)CCC4OCC4(O)C3[C@H](OC(=O)c3ccccc3)C(O)(CC1OC(=O)C(O)C(NC(=O)c1ccccc1)c1ccccc1)C2(C)C.[Ac]. The van der Waals surface area contributed by atoms with Gasteiger partial charge in [-0.15, -0.1) is 0 Å². The average Bonchev–Trinajstić information content (AvgIpc) is 3.31. The van der Waals surface area contributed by atoms with Crippen molar-refractivity contribution in [2.45, 2.75) is 94.7 Å². The summed E-state index contributed by atoms with van der Waals surface area (Å²) in [6, 6.07) is 27.9. The molecular weight excluding hydrogens is 1080 g/mol. The fourth-order valence-electron chi connectivity index (χ4n) is 10.6. The molecule has 4 aliphatic rings. The van der Waals surface area contributed by atoms with Gasteiger partial charge in [0.05, 0.1) is 29.2 Å². The van der Waals surface area contributed by atoms with Crippen molar-refractivity contribution in [3.8, 4) is 0 Å². The van der Waals surface area contributed by atoms with Gasteiger partial charge in [0.25, 0.3) is 11.6 Å². The number of ether oxygens (including phenoxy) is 4. The van der Waals surface area contributed by atoms with Gasteiger partial charge in [0.15, 0.2) is 18.0 Å². The Bertz CT molecular complexity index is 2610. The molecule has 10 atom stereocenters. The largest absolute Gasteiger partial charge is 0.456 e. The van der Waals surface area contributed by atoms with Gasteiger partial charge in [-0.2, -0.15) is 0 Å². The summed E-state index contributed by atoms with van der Waals surface area (Å²) in [4.78, 5) is 83.4. The van der Waals surface area contributed by atoms with Gasteiger partial charge in [-0.1, -0.05) is 99.6 Å². The number of amides is 1. The summed E-state index contributed by atoms with van der Waals surface area (Å²) in [7, 11) is 0. The Hall–Kier alpha value is -5.15. The molecule has 1 amide bonds. The number of carbonyl (C=O) groups excluding carboxylic acids is 5. The van der Waals surface area contributed by atoms with Crippen LogP contribution >= 0.6 is 0 Å². The molecule has 1 aliphatic heterocycles. The molecule has 0 aromatic heterocycles. The molecule has 3 aliphatic carbocycles. The van der Waals surface area contributed by atoms with Crippen molar-refractivity contribution in [2.24, 2.45) is 16.7 Å². The molecule has 2 bridgehead atoms. The molecule has 16 nitrogen and oxygen atoms in total. The molecule has 4 aromatic rings. The summed E-state index contributed by atoms with van der Waals surface area (Å²) in [6.45, 7) is 5.80. The number of nitrogens with zero attached hydrogens (tertiary/aromatic N) is 1. The second-order valence-electron chi connectivity index (χ2n) is 18.3. The molecule has 17 heteroatoms. The first-order valence-corrected chi connectivity index (χ1v) is 21.6. The van der Waals surface area contributed by atoms with E-state index in [1.807, 2.05) is 0 Å². The Kier molecular flexibility index (Phi) is 14.2. The predicted octanol–water partition coefficient (Wildman–Crippen LogP) is 5.40. The van der Waals surface area contributed by atoms with E-state index in [-0.39, 0.29) is 85.8 Å². The van der Waals surface area contributed by atoms with Crippen LogP contribution in [-0.2, 0) is 28.5 Å². The zero-order valence-corrected chi connectivity index (χ0v) is 41.9. The van der Waals surface area contributed by atoms with Crippen molar-refractivity contribution in [2.75, 3.05) is 6.61 Å². The maximum absolute atomic E-state index is 15.7. The molecule has 3 fully saturated rings. The summed E-state index contributed by atoms with van der Waals surface area (Å²) in [6.07, 6.45) is -8.52. The molecule has 1 saturated heterocycles. The van der Waals surface area contributed by atoms with Gasteiger partial charge in [0, 0.05) is 78.9 Å². The first-order chi connectivity index (χ1) is 31.3. The first kappa shape index (κ1) is 49.7. The third kappa shape index (κ3) is 8.68. The number of ketones is 1. The van der Waals surface area contributed by atoms with Gasteiger partial charge in [0.1, 0.15) is 29.0 Å². The number of nitro benzene ring substituents is 1. The van der Waals surface area contributed by atoms with E-state index in [1.54, 1.807) is 78.9 Å². The minimum absolute atomic E-state index is 0. The quantitative estimate of drug-likeness (QED) is 0.0484. The van der Waals surface area contributed by atoms with E-state index in [9.17, 15) is 44.6 Å². The van der Waals surface area contributed by atoms with Crippen LogP contribution in [0.1, 0.15) is 89.6 Å². The van der Waals surface area contributed by atoms with Crippen molar-refractivity contribution < 1.29 is 107 Å². The number of hydrogen-bond donors (Lipinski definition) is 4. The van der Waals surface area contributed by atoms with Crippen LogP contribution in [0, 0.1) is 70.9 Å². The van der Waals surface area contributed by atoms with Crippen LogP contribution in [0.5, 0.6) is 0 Å². The Balaban J connectivity index is 0.00000666. The fraction of sp³-hybridized carbons (Fsp3) is 0.380. The number of esters is 3. The number of aliphatic hydroxyl groups is 3. The van der Waals surface area contributed by atoms with Gasteiger partial charge in [-0.05, 0) is 66.8 Å². The number of aliphatic hydroxyl groups excluding tert-OH is 1. The first-order valence-electron chi connectivity index (χ1n) is 21.6. The molecule has 4 aromatic carbocycles. The van der Waals surface area contributed by atoms with Crippen molar-refractivity contribution in [1.82, 2.24) is 5.32 Å². The molecule has 1 radical (unpaired) electrons. The van der Waals surface area contributed by atoms with E-state index in [1.165, 1.54) is 58.0 Å². The monoisotopic (exact) mass is 1130 g/mol. The van der Waals surface area contributed by atoms with Crippen molar-refractivity contribution in [3.05, 3.63) is 159 Å². The number of benzene rings is 4. The van der Waals surface area contributed by atoms with Crippen LogP contribution in [0.25, 0.3) is 0 Å². The second kappa shape index (κ2) is 19.1. The predicted molar refractivity (Wildman–Crippen MR) is 233 cm³/mol. The standard InChI is InChI=1S/C50H50N2O14.Ac/c1-28-34(64-46(58)38(53)37(29-16-8-5-9-17-29)51-43(55)30-18-10-6-11-19-30)26-50(60)42(66-44(56)31-20-12-7-13-21-31)40-48(4,25-24-35-49(40,59)27-63-35)41(54)39(36(28)47(50,2)3)65-45(57)32-22-14-15-23-33(32)52(61)62;/h5-23,34-35,37-40,42,53,59-60H,24-27H2,1-4H3,(H,51,55);/t34?,35?,37?,38?,39?,40?,42-,48+,49?,50?;/m0./s1. The molecule has 4 N–H and O–H groups in total. The third-order valence-electron chi connectivity index (χ3n) is 14.3. The molecule has 0 spiro atoms. The van der Waals surface area contributed by atoms with Gasteiger partial charge in [0.2, 0.25) is 0 Å². The van der Waals surface area contributed by atoms with Crippen LogP contribution in [-0.4, -0.2) is 98.2 Å². The second-order valence-corrected chi connectivity index (χ2v) is 18.3. The number of carbonyl (C=O) groups is 5. The summed E-state index contributed by atoms with van der Waals surface area (Å²) >= 11 is 0. The van der Waals surface area contributed by atoms with Gasteiger partial charge < -0.3 is 39.6 Å². The number of nitrogens with one attached hydrogen (secondary N) is 1. The van der Waals surface area contributed by atoms with Crippen LogP contribution in [0.15, 0.2) is 126 Å². The van der Waals surface area contributed by atoms with E-state index in [0.717, 1.165) is 6.07 Å². The van der Waals surface area contributed by atoms with Gasteiger partial charge >= 0.3 is 17.9 Å². The zero-order valence-electron chi connectivity index (χ0n) is 37.2. The smallest absolute Gasteiger partial charge is 0.346 e. The average molecular weight is 1130 g/mol. The van der Waals surface area contributed by atoms with Crippen LogP contribution in [0.2, 0.25) is 0 Å². The number of fused-ring (bicyclic) bond motifs is 5. The number of nitro groups is 1. The van der Waals surface area contributed by atoms with Crippen molar-refractivity contribution in [3.63, 3.8) is 0 Å². The summed E-state index contributed by atoms with van der Waals surface area (Å²) < 4.78 is 24.5. The summed E-state index contributed by atoms with van der Waals surface area (Å²) in [5.41, 5.74) is -8.06. The summed E-state index contributed by atoms with van der Waals surface area (Å²) in [5.74, 6) is -6.23. The minimum atomic E-state index is -2.38. The Morgan fingerprint density at radius 2 is 1.40 bits per heavy atom. The van der Waals surface area contributed by atoms with E-state index >= 15 is 4.79 Å². The van der Waals surface area contributed by atoms with Crippen LogP contribution < -0.4 is 5.32 Å². The third-order valence-corrected chi connectivity index (χ3v) is 14.3. The number of Topliss-reactive ketones (excluding diaryl/α,β-unsaturated/α-hetero) is 1. The van der Waals surface area contributed by atoms with Crippen LogP contribution in [0.4, 0.5) is 5.69 Å². The number of rotatable bonds is 11. The maximum atomic E-state index is 15.7. The molecule has 8 rings (SSSR count). The van der Waals surface area contributed by atoms with Crippen molar-refractivity contribution >= 4 is 35.3 Å². The Morgan fingerprint density at radius 1 is 0.821 bits per heavy atom.